The van der Waals surface area contributed by atoms with Gasteiger partial charge in [-0.25, -0.2) is 4.79 Å². The van der Waals surface area contributed by atoms with Gasteiger partial charge >= 0.3 is 12.0 Å². The highest BCUT2D eigenvalue weighted by Gasteiger charge is 2.57. The molecule has 3 amide bonds. The number of carboxylic acid groups (broad SMARTS) is 1. The molecule has 2 aliphatic heterocycles. The Hall–Kier alpha value is -1.44. The molecule has 21 heavy (non-hydrogen) atoms. The molecule has 0 aromatic rings. The minimum absolute atomic E-state index is 0.0374. The van der Waals surface area contributed by atoms with E-state index in [1.807, 2.05) is 6.92 Å². The fraction of sp³-hybridized carbons (Fsp3) is 0.769. The van der Waals surface area contributed by atoms with Gasteiger partial charge in [0.15, 0.2) is 0 Å². The number of hydrogen-bond acceptors (Lipinski definition) is 4. The number of hydrogen-bond donors (Lipinski definition) is 4. The summed E-state index contributed by atoms with van der Waals surface area (Å²) in [7, 11) is 0. The van der Waals surface area contributed by atoms with Crippen LogP contribution in [0, 0.1) is 0 Å². The number of carbonyl (C=O) groups excluding carboxylic acids is 2. The molecule has 0 bridgehead atoms. The normalized spacial score (nSPS) is 30.4. The van der Waals surface area contributed by atoms with Crippen molar-refractivity contribution in [2.75, 3.05) is 12.3 Å². The second-order valence-electron chi connectivity index (χ2n) is 5.36. The van der Waals surface area contributed by atoms with Gasteiger partial charge in [0.2, 0.25) is 5.91 Å². The fourth-order valence-corrected chi connectivity index (χ4v) is 4.61. The van der Waals surface area contributed by atoms with Gasteiger partial charge in [-0.15, -0.1) is 11.8 Å². The third-order valence-corrected chi connectivity index (χ3v) is 5.62. The van der Waals surface area contributed by atoms with Crippen molar-refractivity contribution in [2.45, 2.75) is 49.4 Å². The molecule has 3 atom stereocenters. The van der Waals surface area contributed by atoms with E-state index in [0.717, 1.165) is 0 Å². The van der Waals surface area contributed by atoms with Gasteiger partial charge in [0.1, 0.15) is 4.75 Å². The van der Waals surface area contributed by atoms with Crippen LogP contribution < -0.4 is 16.0 Å². The van der Waals surface area contributed by atoms with Crippen LogP contribution >= 0.6 is 11.8 Å². The summed E-state index contributed by atoms with van der Waals surface area (Å²) in [5.74, 6) is -0.198. The Bertz CT molecular complexity index is 445. The minimum atomic E-state index is -0.824. The quantitative estimate of drug-likeness (QED) is 0.399. The van der Waals surface area contributed by atoms with E-state index in [-0.39, 0.29) is 30.4 Å². The van der Waals surface area contributed by atoms with E-state index in [4.69, 9.17) is 5.11 Å². The Balaban J connectivity index is 2.06. The first-order valence-electron chi connectivity index (χ1n) is 7.20. The highest BCUT2D eigenvalue weighted by Crippen LogP contribution is 2.44. The van der Waals surface area contributed by atoms with Crippen LogP contribution in [0.5, 0.6) is 0 Å². The number of rotatable bonds is 7. The molecule has 118 valence electrons. The first-order valence-corrected chi connectivity index (χ1v) is 8.19. The van der Waals surface area contributed by atoms with Gasteiger partial charge in [-0.3, -0.25) is 9.59 Å². The van der Waals surface area contributed by atoms with Crippen molar-refractivity contribution in [1.82, 2.24) is 16.0 Å². The van der Waals surface area contributed by atoms with Gasteiger partial charge in [-0.05, 0) is 19.8 Å². The molecule has 0 spiro atoms. The summed E-state index contributed by atoms with van der Waals surface area (Å²) in [5.41, 5.74) is 0. The summed E-state index contributed by atoms with van der Waals surface area (Å²) in [6.45, 7) is 2.40. The molecule has 2 fully saturated rings. The van der Waals surface area contributed by atoms with E-state index in [1.165, 1.54) is 0 Å². The number of carboxylic acids is 1. The summed E-state index contributed by atoms with van der Waals surface area (Å²) in [5, 5.41) is 17.2. The number of urea groups is 1. The van der Waals surface area contributed by atoms with Crippen LogP contribution in [-0.4, -0.2) is 52.1 Å². The number of carbonyl (C=O) groups is 3. The van der Waals surface area contributed by atoms with E-state index >= 15 is 0 Å². The zero-order chi connectivity index (χ0) is 15.5. The largest absolute Gasteiger partial charge is 0.481 e. The summed E-state index contributed by atoms with van der Waals surface area (Å²) in [6.07, 6.45) is 1.86. The minimum Gasteiger partial charge on any atom is -0.481 e. The lowest BCUT2D eigenvalue weighted by Crippen LogP contribution is -2.56. The van der Waals surface area contributed by atoms with Gasteiger partial charge in [0.05, 0.1) is 12.1 Å². The molecule has 0 radical (unpaired) electrons. The number of fused-ring (bicyclic) bond motifs is 1. The Morgan fingerprint density at radius 2 is 2.19 bits per heavy atom. The lowest BCUT2D eigenvalue weighted by molar-refractivity contribution is -0.137. The molecule has 8 heteroatoms. The average Bonchev–Trinajstić information content (AvgIpc) is 2.93. The zero-order valence-corrected chi connectivity index (χ0v) is 12.8. The van der Waals surface area contributed by atoms with Crippen molar-refractivity contribution in [3.63, 3.8) is 0 Å². The Labute approximate surface area is 127 Å². The number of aliphatic carboxylic acids is 1. The average molecular weight is 315 g/mol. The molecule has 2 heterocycles. The van der Waals surface area contributed by atoms with Crippen molar-refractivity contribution in [1.29, 1.82) is 0 Å². The van der Waals surface area contributed by atoms with Crippen molar-refractivity contribution < 1.29 is 19.5 Å². The summed E-state index contributed by atoms with van der Waals surface area (Å²) in [6, 6.07) is -0.500. The van der Waals surface area contributed by atoms with Gasteiger partial charge in [0, 0.05) is 18.7 Å². The topological polar surface area (TPSA) is 108 Å². The van der Waals surface area contributed by atoms with E-state index in [1.54, 1.807) is 11.8 Å². The molecule has 0 unspecified atom stereocenters. The Morgan fingerprint density at radius 1 is 1.43 bits per heavy atom. The highest BCUT2D eigenvalue weighted by molar-refractivity contribution is 8.01. The number of thioether (sulfide) groups is 1. The van der Waals surface area contributed by atoms with Crippen molar-refractivity contribution >= 4 is 29.7 Å². The highest BCUT2D eigenvalue weighted by atomic mass is 32.2. The molecule has 2 saturated heterocycles. The summed E-state index contributed by atoms with van der Waals surface area (Å²) < 4.78 is -0.696. The van der Waals surface area contributed by atoms with E-state index in [2.05, 4.69) is 16.0 Å². The van der Waals surface area contributed by atoms with Gasteiger partial charge in [0.25, 0.3) is 0 Å². The number of nitrogens with one attached hydrogen (secondary N) is 3. The molecule has 7 nitrogen and oxygen atoms in total. The third kappa shape index (κ3) is 3.25. The zero-order valence-electron chi connectivity index (χ0n) is 12.0. The van der Waals surface area contributed by atoms with Crippen molar-refractivity contribution in [2.24, 2.45) is 0 Å². The maximum atomic E-state index is 12.5. The van der Waals surface area contributed by atoms with Crippen LogP contribution in [0.4, 0.5) is 4.79 Å². The second-order valence-corrected chi connectivity index (χ2v) is 6.71. The van der Waals surface area contributed by atoms with Crippen LogP contribution in [0.3, 0.4) is 0 Å². The maximum absolute atomic E-state index is 12.5. The third-order valence-electron chi connectivity index (χ3n) is 3.94. The van der Waals surface area contributed by atoms with Crippen LogP contribution in [0.1, 0.15) is 32.6 Å². The first kappa shape index (κ1) is 15.9. The summed E-state index contributed by atoms with van der Waals surface area (Å²) in [4.78, 5) is 34.6. The van der Waals surface area contributed by atoms with E-state index < -0.39 is 10.7 Å². The van der Waals surface area contributed by atoms with Gasteiger partial charge in [-0.2, -0.15) is 0 Å². The van der Waals surface area contributed by atoms with Crippen LogP contribution in [0.15, 0.2) is 0 Å². The van der Waals surface area contributed by atoms with Gasteiger partial charge in [-0.1, -0.05) is 6.42 Å². The molecule has 0 aromatic carbocycles. The maximum Gasteiger partial charge on any atom is 0.315 e. The molecule has 2 rings (SSSR count). The molecule has 0 aliphatic carbocycles. The van der Waals surface area contributed by atoms with Crippen molar-refractivity contribution in [3.8, 4) is 0 Å². The molecule has 0 aromatic heterocycles. The van der Waals surface area contributed by atoms with Gasteiger partial charge < -0.3 is 21.1 Å². The van der Waals surface area contributed by atoms with E-state index in [9.17, 15) is 14.4 Å². The molecule has 4 N–H and O–H groups in total. The standard InChI is InChI=1S/C13H21N3O4S/c1-2-14-11(19)13(6-4-3-5-9(17)18)10-8(7-21-13)15-12(20)16-10/h8,10H,2-7H2,1H3,(H,14,19)(H,17,18)(H2,15,16,20)/t8-,10-,13-/m0/s1. The monoisotopic (exact) mass is 315 g/mol. The number of unbranched alkanes of at least 4 members (excludes halogenated alkanes) is 1. The predicted molar refractivity (Wildman–Crippen MR) is 79.2 cm³/mol. The summed E-state index contributed by atoms with van der Waals surface area (Å²) >= 11 is 1.55. The van der Waals surface area contributed by atoms with E-state index in [0.29, 0.717) is 31.6 Å². The second kappa shape index (κ2) is 6.55. The molecular formula is C13H21N3O4S. The Morgan fingerprint density at radius 3 is 2.86 bits per heavy atom. The smallest absolute Gasteiger partial charge is 0.315 e. The molecular weight excluding hydrogens is 294 g/mol. The fourth-order valence-electron chi connectivity index (χ4n) is 2.96. The predicted octanol–water partition coefficient (Wildman–Crippen LogP) is 0.303. The molecule has 0 saturated carbocycles. The van der Waals surface area contributed by atoms with Crippen molar-refractivity contribution in [3.05, 3.63) is 0 Å². The Kier molecular flexibility index (Phi) is 4.97. The first-order chi connectivity index (χ1) is 9.99. The van der Waals surface area contributed by atoms with Crippen LogP contribution in [0.2, 0.25) is 0 Å². The lowest BCUT2D eigenvalue weighted by atomic mass is 9.88. The molecule has 2 aliphatic rings. The van der Waals surface area contributed by atoms with Crippen LogP contribution in [0.25, 0.3) is 0 Å². The SMILES string of the molecule is CCNC(=O)[C@@]1(CCCCC(=O)O)SC[C@@H]2NC(=O)N[C@@H]21. The number of amides is 3. The van der Waals surface area contributed by atoms with Crippen LogP contribution in [-0.2, 0) is 9.59 Å². The lowest BCUT2D eigenvalue weighted by Gasteiger charge is -2.32.